The molecule has 1 aromatic carbocycles. The highest BCUT2D eigenvalue weighted by molar-refractivity contribution is 7.10. The Labute approximate surface area is 181 Å². The second-order valence-electron chi connectivity index (χ2n) is 7.30. The van der Waals surface area contributed by atoms with E-state index in [1.807, 2.05) is 18.4 Å². The Morgan fingerprint density at radius 1 is 1.20 bits per heavy atom. The summed E-state index contributed by atoms with van der Waals surface area (Å²) < 4.78 is 17.4. The van der Waals surface area contributed by atoms with Crippen molar-refractivity contribution in [3.05, 3.63) is 63.0 Å². The summed E-state index contributed by atoms with van der Waals surface area (Å²) in [5.41, 5.74) is 1.49. The van der Waals surface area contributed by atoms with Gasteiger partial charge in [-0.1, -0.05) is 17.3 Å². The molecule has 3 aromatic rings. The second-order valence-corrected chi connectivity index (χ2v) is 8.86. The minimum atomic E-state index is -0.884. The quantitative estimate of drug-likeness (QED) is 0.608. The minimum Gasteiger partial charge on any atom is -0.351 e. The summed E-state index contributed by atoms with van der Waals surface area (Å²) in [4.78, 5) is 29.1. The largest absolute Gasteiger partial charge is 0.351 e. The molecule has 0 saturated heterocycles. The van der Waals surface area contributed by atoms with Crippen molar-refractivity contribution in [2.24, 2.45) is 0 Å². The molecule has 1 aliphatic carbocycles. The van der Waals surface area contributed by atoms with Crippen LogP contribution in [0.3, 0.4) is 0 Å². The first-order valence-corrected chi connectivity index (χ1v) is 11.5. The molecule has 0 aliphatic heterocycles. The van der Waals surface area contributed by atoms with Gasteiger partial charge in [-0.3, -0.25) is 14.5 Å². The van der Waals surface area contributed by atoms with Gasteiger partial charge < -0.3 is 5.32 Å². The molecular formula is C21H21FN4O2S2. The van der Waals surface area contributed by atoms with Crippen molar-refractivity contribution >= 4 is 40.4 Å². The van der Waals surface area contributed by atoms with Crippen LogP contribution in [0.2, 0.25) is 0 Å². The molecule has 2 amide bonds. The van der Waals surface area contributed by atoms with Gasteiger partial charge in [-0.2, -0.15) is 0 Å². The summed E-state index contributed by atoms with van der Waals surface area (Å²) in [5, 5.41) is 10.5. The number of anilines is 1. The number of carbonyl (C=O) groups excluding carboxylic acids is 2. The molecule has 4 rings (SSSR count). The fourth-order valence-corrected chi connectivity index (χ4v) is 5.18. The molecule has 0 bridgehead atoms. The van der Waals surface area contributed by atoms with Crippen LogP contribution in [-0.4, -0.2) is 27.4 Å². The highest BCUT2D eigenvalue weighted by atomic mass is 32.1. The number of nitrogens with zero attached hydrogens (tertiary/aromatic N) is 3. The van der Waals surface area contributed by atoms with Gasteiger partial charge in [0.25, 0.3) is 5.91 Å². The van der Waals surface area contributed by atoms with Crippen molar-refractivity contribution in [1.82, 2.24) is 14.9 Å². The molecule has 2 aromatic heterocycles. The van der Waals surface area contributed by atoms with Crippen LogP contribution in [-0.2, 0) is 4.79 Å². The lowest BCUT2D eigenvalue weighted by molar-refractivity contribution is -0.123. The van der Waals surface area contributed by atoms with E-state index in [0.717, 1.165) is 47.7 Å². The van der Waals surface area contributed by atoms with E-state index < -0.39 is 17.8 Å². The summed E-state index contributed by atoms with van der Waals surface area (Å²) in [6.07, 6.45) is 4.03. The van der Waals surface area contributed by atoms with Crippen LogP contribution < -0.4 is 10.2 Å². The highest BCUT2D eigenvalue weighted by Gasteiger charge is 2.37. The van der Waals surface area contributed by atoms with E-state index >= 15 is 0 Å². The number of halogens is 1. The van der Waals surface area contributed by atoms with Gasteiger partial charge in [0, 0.05) is 22.0 Å². The van der Waals surface area contributed by atoms with Gasteiger partial charge in [-0.15, -0.1) is 16.4 Å². The molecule has 156 valence electrons. The number of thiophene rings is 1. The van der Waals surface area contributed by atoms with Gasteiger partial charge in [0.1, 0.15) is 5.82 Å². The number of aryl methyl sites for hydroxylation is 1. The van der Waals surface area contributed by atoms with Crippen LogP contribution in [0.25, 0.3) is 0 Å². The Balaban J connectivity index is 1.79. The molecule has 6 nitrogen and oxygen atoms in total. The summed E-state index contributed by atoms with van der Waals surface area (Å²) >= 11 is 2.49. The van der Waals surface area contributed by atoms with Gasteiger partial charge in [-0.25, -0.2) is 4.39 Å². The molecule has 0 radical (unpaired) electrons. The first-order valence-electron chi connectivity index (χ1n) is 9.75. The third-order valence-electron chi connectivity index (χ3n) is 5.26. The van der Waals surface area contributed by atoms with Gasteiger partial charge >= 0.3 is 0 Å². The zero-order valence-electron chi connectivity index (χ0n) is 16.4. The Kier molecular flexibility index (Phi) is 6.19. The average molecular weight is 445 g/mol. The fourth-order valence-electron chi connectivity index (χ4n) is 3.73. The normalized spacial score (nSPS) is 15.1. The lowest BCUT2D eigenvalue weighted by Gasteiger charge is -2.31. The van der Waals surface area contributed by atoms with Crippen LogP contribution in [0.4, 0.5) is 10.1 Å². The summed E-state index contributed by atoms with van der Waals surface area (Å²) in [7, 11) is 0. The van der Waals surface area contributed by atoms with Gasteiger partial charge in [0.05, 0.1) is 0 Å². The Morgan fingerprint density at radius 2 is 1.93 bits per heavy atom. The molecule has 30 heavy (non-hydrogen) atoms. The third-order valence-corrected chi connectivity index (χ3v) is 6.84. The van der Waals surface area contributed by atoms with E-state index in [9.17, 15) is 14.0 Å². The minimum absolute atomic E-state index is 0.103. The van der Waals surface area contributed by atoms with Crippen LogP contribution in [0, 0.1) is 12.7 Å². The second kappa shape index (κ2) is 9.01. The molecule has 1 fully saturated rings. The number of rotatable bonds is 6. The molecule has 1 N–H and O–H groups in total. The molecule has 1 atom stereocenters. The lowest BCUT2D eigenvalue weighted by Crippen LogP contribution is -2.46. The van der Waals surface area contributed by atoms with Crippen LogP contribution >= 0.6 is 22.9 Å². The molecule has 1 saturated carbocycles. The maximum absolute atomic E-state index is 13.6. The molecule has 2 heterocycles. The van der Waals surface area contributed by atoms with Crippen molar-refractivity contribution in [3.63, 3.8) is 0 Å². The van der Waals surface area contributed by atoms with Crippen LogP contribution in [0.1, 0.15) is 52.7 Å². The average Bonchev–Trinajstić information content (AvgIpc) is 3.50. The number of hydrogen-bond donors (Lipinski definition) is 1. The van der Waals surface area contributed by atoms with Gasteiger partial charge in [-0.05, 0) is 72.6 Å². The van der Waals surface area contributed by atoms with E-state index in [-0.39, 0.29) is 17.6 Å². The Hall–Kier alpha value is -2.65. The summed E-state index contributed by atoms with van der Waals surface area (Å²) in [5.74, 6) is -1.11. The SMILES string of the molecule is Cc1ccsc1[C@@H](C(=O)NC1CCCC1)N(C(=O)c1csnn1)c1ccc(F)cc1. The number of benzene rings is 1. The van der Waals surface area contributed by atoms with Crippen molar-refractivity contribution in [2.75, 3.05) is 4.90 Å². The number of carbonyl (C=O) groups is 2. The van der Waals surface area contributed by atoms with Crippen molar-refractivity contribution in [3.8, 4) is 0 Å². The maximum atomic E-state index is 13.6. The topological polar surface area (TPSA) is 75.2 Å². The van der Waals surface area contributed by atoms with E-state index in [1.54, 1.807) is 5.38 Å². The van der Waals surface area contributed by atoms with E-state index in [0.29, 0.717) is 5.69 Å². The van der Waals surface area contributed by atoms with E-state index in [2.05, 4.69) is 14.9 Å². The van der Waals surface area contributed by atoms with E-state index in [1.165, 1.54) is 40.5 Å². The standard InChI is InChI=1S/C21H21FN4O2S2/c1-13-10-11-29-19(13)18(20(27)23-15-4-2-3-5-15)26(16-8-6-14(22)7-9-16)21(28)17-12-30-25-24-17/h6-12,15,18H,2-5H2,1H3,(H,23,27)/t18-/m0/s1. The third kappa shape index (κ3) is 4.27. The van der Waals surface area contributed by atoms with Gasteiger partial charge in [0.15, 0.2) is 11.7 Å². The van der Waals surface area contributed by atoms with Crippen LogP contribution in [0.5, 0.6) is 0 Å². The number of nitrogens with one attached hydrogen (secondary N) is 1. The first-order chi connectivity index (χ1) is 14.5. The molecule has 0 spiro atoms. The highest BCUT2D eigenvalue weighted by Crippen LogP contribution is 2.35. The van der Waals surface area contributed by atoms with E-state index in [4.69, 9.17) is 0 Å². The number of hydrogen-bond acceptors (Lipinski definition) is 6. The smallest absolute Gasteiger partial charge is 0.280 e. The monoisotopic (exact) mass is 444 g/mol. The lowest BCUT2D eigenvalue weighted by atomic mass is 10.1. The summed E-state index contributed by atoms with van der Waals surface area (Å²) in [6, 6.07) is 6.71. The predicted molar refractivity (Wildman–Crippen MR) is 115 cm³/mol. The molecule has 1 aliphatic rings. The Morgan fingerprint density at radius 3 is 2.53 bits per heavy atom. The predicted octanol–water partition coefficient (Wildman–Crippen LogP) is 4.49. The number of amides is 2. The zero-order valence-corrected chi connectivity index (χ0v) is 18.0. The zero-order chi connectivity index (χ0) is 21.1. The Bertz CT molecular complexity index is 1010. The van der Waals surface area contributed by atoms with Gasteiger partial charge in [0.2, 0.25) is 5.91 Å². The van der Waals surface area contributed by atoms with Crippen molar-refractivity contribution < 1.29 is 14.0 Å². The molecular weight excluding hydrogens is 423 g/mol. The number of aromatic nitrogens is 2. The fraction of sp³-hybridized carbons (Fsp3) is 0.333. The van der Waals surface area contributed by atoms with Crippen molar-refractivity contribution in [1.29, 1.82) is 0 Å². The first kappa shape index (κ1) is 20.6. The van der Waals surface area contributed by atoms with Crippen molar-refractivity contribution in [2.45, 2.75) is 44.7 Å². The van der Waals surface area contributed by atoms with Crippen LogP contribution in [0.15, 0.2) is 41.1 Å². The maximum Gasteiger partial charge on any atom is 0.280 e. The molecule has 9 heteroatoms. The summed E-state index contributed by atoms with van der Waals surface area (Å²) in [6.45, 7) is 1.92. The molecule has 0 unspecified atom stereocenters.